The van der Waals surface area contributed by atoms with Crippen LogP contribution in [0.4, 0.5) is 0 Å². The fourth-order valence-corrected chi connectivity index (χ4v) is 2.05. The molecule has 3 heteroatoms. The first-order chi connectivity index (χ1) is 9.81. The molecule has 0 unspecified atom stereocenters. The molecule has 0 saturated heterocycles. The Hall–Kier alpha value is -2.13. The van der Waals surface area contributed by atoms with Gasteiger partial charge in [-0.25, -0.2) is 0 Å². The SMILES string of the molecule is COCCCNC(=O)/C=C/c1cccc2ccccc12. The zero-order chi connectivity index (χ0) is 14.2. The van der Waals surface area contributed by atoms with E-state index < -0.39 is 0 Å². The zero-order valence-electron chi connectivity index (χ0n) is 11.6. The second-order valence-corrected chi connectivity index (χ2v) is 4.54. The molecule has 0 atom stereocenters. The smallest absolute Gasteiger partial charge is 0.244 e. The molecule has 0 heterocycles. The summed E-state index contributed by atoms with van der Waals surface area (Å²) >= 11 is 0. The lowest BCUT2D eigenvalue weighted by atomic mass is 10.0. The predicted octanol–water partition coefficient (Wildman–Crippen LogP) is 3.01. The third-order valence-electron chi connectivity index (χ3n) is 3.06. The average Bonchev–Trinajstić information content (AvgIpc) is 2.49. The van der Waals surface area contributed by atoms with Crippen molar-refractivity contribution >= 4 is 22.8 Å². The van der Waals surface area contributed by atoms with Crippen LogP contribution in [-0.4, -0.2) is 26.2 Å². The molecule has 1 N–H and O–H groups in total. The Labute approximate surface area is 119 Å². The first-order valence-corrected chi connectivity index (χ1v) is 6.74. The Balaban J connectivity index is 2.01. The van der Waals surface area contributed by atoms with Crippen LogP contribution in [0.15, 0.2) is 48.5 Å². The molecule has 0 saturated carbocycles. The van der Waals surface area contributed by atoms with Crippen LogP contribution in [0.5, 0.6) is 0 Å². The van der Waals surface area contributed by atoms with Crippen LogP contribution in [0, 0.1) is 0 Å². The third-order valence-corrected chi connectivity index (χ3v) is 3.06. The molecular formula is C17H19NO2. The number of nitrogens with one attached hydrogen (secondary N) is 1. The van der Waals surface area contributed by atoms with E-state index in [1.165, 1.54) is 5.39 Å². The lowest BCUT2D eigenvalue weighted by molar-refractivity contribution is -0.116. The molecule has 1 amide bonds. The fourth-order valence-electron chi connectivity index (χ4n) is 2.05. The molecule has 3 nitrogen and oxygen atoms in total. The standard InChI is InChI=1S/C17H19NO2/c1-20-13-5-12-18-17(19)11-10-15-8-4-7-14-6-2-3-9-16(14)15/h2-4,6-11H,5,12-13H2,1H3,(H,18,19)/b11-10+. The summed E-state index contributed by atoms with van der Waals surface area (Å²) in [4.78, 5) is 11.7. The first-order valence-electron chi connectivity index (χ1n) is 6.74. The average molecular weight is 269 g/mol. The quantitative estimate of drug-likeness (QED) is 0.646. The summed E-state index contributed by atoms with van der Waals surface area (Å²) in [6.07, 6.45) is 4.26. The molecule has 104 valence electrons. The van der Waals surface area contributed by atoms with Gasteiger partial charge in [-0.05, 0) is 28.8 Å². The van der Waals surface area contributed by atoms with Crippen molar-refractivity contribution in [2.75, 3.05) is 20.3 Å². The van der Waals surface area contributed by atoms with E-state index in [1.807, 2.05) is 30.3 Å². The summed E-state index contributed by atoms with van der Waals surface area (Å²) in [5.41, 5.74) is 1.05. The molecule has 0 spiro atoms. The molecule has 0 aliphatic carbocycles. The number of carbonyl (C=O) groups excluding carboxylic acids is 1. The van der Waals surface area contributed by atoms with E-state index in [-0.39, 0.29) is 5.91 Å². The van der Waals surface area contributed by atoms with Crippen LogP contribution in [0.1, 0.15) is 12.0 Å². The number of benzene rings is 2. The molecule has 2 aromatic carbocycles. The molecule has 0 aliphatic rings. The van der Waals surface area contributed by atoms with Gasteiger partial charge < -0.3 is 10.1 Å². The number of methoxy groups -OCH3 is 1. The van der Waals surface area contributed by atoms with Gasteiger partial charge in [0.2, 0.25) is 5.91 Å². The van der Waals surface area contributed by atoms with E-state index >= 15 is 0 Å². The van der Waals surface area contributed by atoms with Crippen molar-refractivity contribution < 1.29 is 9.53 Å². The highest BCUT2D eigenvalue weighted by molar-refractivity contribution is 5.96. The van der Waals surface area contributed by atoms with Crippen LogP contribution >= 0.6 is 0 Å². The van der Waals surface area contributed by atoms with Gasteiger partial charge in [0.1, 0.15) is 0 Å². The van der Waals surface area contributed by atoms with Crippen molar-refractivity contribution in [3.05, 3.63) is 54.1 Å². The maximum absolute atomic E-state index is 11.7. The van der Waals surface area contributed by atoms with Crippen molar-refractivity contribution in [2.45, 2.75) is 6.42 Å². The lowest BCUT2D eigenvalue weighted by Gasteiger charge is -2.03. The van der Waals surface area contributed by atoms with Gasteiger partial charge in [0, 0.05) is 26.3 Å². The number of fused-ring (bicyclic) bond motifs is 1. The summed E-state index contributed by atoms with van der Waals surface area (Å²) in [5, 5.41) is 5.16. The topological polar surface area (TPSA) is 38.3 Å². The van der Waals surface area contributed by atoms with E-state index in [0.29, 0.717) is 13.2 Å². The highest BCUT2D eigenvalue weighted by atomic mass is 16.5. The van der Waals surface area contributed by atoms with Gasteiger partial charge in [-0.15, -0.1) is 0 Å². The van der Waals surface area contributed by atoms with E-state index in [1.54, 1.807) is 13.2 Å². The van der Waals surface area contributed by atoms with Gasteiger partial charge in [0.05, 0.1) is 0 Å². The Morgan fingerprint density at radius 1 is 1.20 bits per heavy atom. The van der Waals surface area contributed by atoms with E-state index in [9.17, 15) is 4.79 Å². The Kier molecular flexibility index (Phi) is 5.33. The van der Waals surface area contributed by atoms with Crippen LogP contribution in [0.3, 0.4) is 0 Å². The summed E-state index contributed by atoms with van der Waals surface area (Å²) < 4.78 is 4.93. The molecule has 2 rings (SSSR count). The number of hydrogen-bond donors (Lipinski definition) is 1. The number of amides is 1. The number of ether oxygens (including phenoxy) is 1. The van der Waals surface area contributed by atoms with Gasteiger partial charge in [-0.1, -0.05) is 42.5 Å². The van der Waals surface area contributed by atoms with E-state index in [4.69, 9.17) is 4.74 Å². The minimum atomic E-state index is -0.0750. The van der Waals surface area contributed by atoms with Crippen LogP contribution in [0.25, 0.3) is 16.8 Å². The summed E-state index contributed by atoms with van der Waals surface area (Å²) in [5.74, 6) is -0.0750. The molecule has 0 aromatic heterocycles. The number of carbonyl (C=O) groups is 1. The van der Waals surface area contributed by atoms with Gasteiger partial charge in [-0.3, -0.25) is 4.79 Å². The third kappa shape index (κ3) is 3.93. The van der Waals surface area contributed by atoms with Gasteiger partial charge >= 0.3 is 0 Å². The molecule has 0 radical (unpaired) electrons. The first kappa shape index (κ1) is 14.3. The van der Waals surface area contributed by atoms with Gasteiger partial charge in [-0.2, -0.15) is 0 Å². The zero-order valence-corrected chi connectivity index (χ0v) is 11.6. The highest BCUT2D eigenvalue weighted by Crippen LogP contribution is 2.19. The monoisotopic (exact) mass is 269 g/mol. The van der Waals surface area contributed by atoms with Crippen molar-refractivity contribution in [3.8, 4) is 0 Å². The van der Waals surface area contributed by atoms with Gasteiger partial charge in [0.15, 0.2) is 0 Å². The molecule has 0 fully saturated rings. The second kappa shape index (κ2) is 7.46. The van der Waals surface area contributed by atoms with Crippen LogP contribution in [0.2, 0.25) is 0 Å². The number of rotatable bonds is 6. The maximum atomic E-state index is 11.7. The highest BCUT2D eigenvalue weighted by Gasteiger charge is 1.98. The van der Waals surface area contributed by atoms with Gasteiger partial charge in [0.25, 0.3) is 0 Å². The van der Waals surface area contributed by atoms with E-state index in [0.717, 1.165) is 17.4 Å². The van der Waals surface area contributed by atoms with Crippen molar-refractivity contribution in [1.82, 2.24) is 5.32 Å². The summed E-state index contributed by atoms with van der Waals surface area (Å²) in [7, 11) is 1.65. The normalized spacial score (nSPS) is 11.1. The van der Waals surface area contributed by atoms with Crippen molar-refractivity contribution in [1.29, 1.82) is 0 Å². The predicted molar refractivity (Wildman–Crippen MR) is 82.5 cm³/mol. The van der Waals surface area contributed by atoms with Crippen molar-refractivity contribution in [2.24, 2.45) is 0 Å². The Bertz CT molecular complexity index is 599. The molecular weight excluding hydrogens is 250 g/mol. The lowest BCUT2D eigenvalue weighted by Crippen LogP contribution is -2.22. The largest absolute Gasteiger partial charge is 0.385 e. The molecule has 2 aromatic rings. The van der Waals surface area contributed by atoms with Crippen LogP contribution in [-0.2, 0) is 9.53 Å². The number of hydrogen-bond acceptors (Lipinski definition) is 2. The minimum Gasteiger partial charge on any atom is -0.385 e. The second-order valence-electron chi connectivity index (χ2n) is 4.54. The summed E-state index contributed by atoms with van der Waals surface area (Å²) in [6.45, 7) is 1.29. The molecule has 0 aliphatic heterocycles. The van der Waals surface area contributed by atoms with Crippen LogP contribution < -0.4 is 5.32 Å². The minimum absolute atomic E-state index is 0.0750. The van der Waals surface area contributed by atoms with E-state index in [2.05, 4.69) is 23.5 Å². The molecule has 20 heavy (non-hydrogen) atoms. The Morgan fingerprint density at radius 2 is 2.00 bits per heavy atom. The maximum Gasteiger partial charge on any atom is 0.244 e. The summed E-state index contributed by atoms with van der Waals surface area (Å²) in [6, 6.07) is 14.2. The Morgan fingerprint density at radius 3 is 2.85 bits per heavy atom. The fraction of sp³-hybridized carbons (Fsp3) is 0.235. The molecule has 0 bridgehead atoms. The van der Waals surface area contributed by atoms with Crippen molar-refractivity contribution in [3.63, 3.8) is 0 Å².